The third-order valence-corrected chi connectivity index (χ3v) is 4.97. The van der Waals surface area contributed by atoms with Crippen LogP contribution in [0.4, 0.5) is 0 Å². The first-order valence-corrected chi connectivity index (χ1v) is 9.47. The average Bonchev–Trinajstić information content (AvgIpc) is 3.01. The minimum Gasteiger partial charge on any atom is -0.488 e. The number of rotatable bonds is 5. The maximum Gasteiger partial charge on any atom is 0.236 e. The largest absolute Gasteiger partial charge is 0.488 e. The molecule has 128 valence electrons. The van der Waals surface area contributed by atoms with Gasteiger partial charge in [0.05, 0.1) is 12.0 Å². The quantitative estimate of drug-likeness (QED) is 0.561. The molecular formula is C17H13BrClN3O2S. The molecule has 0 spiro atoms. The number of hydrogen-bond acceptors (Lipinski definition) is 5. The van der Waals surface area contributed by atoms with Crippen molar-refractivity contribution in [3.05, 3.63) is 63.1 Å². The molecule has 1 amide bonds. The van der Waals surface area contributed by atoms with E-state index in [1.165, 1.54) is 11.8 Å². The summed E-state index contributed by atoms with van der Waals surface area (Å²) in [6.07, 6.45) is 1.59. The first kappa shape index (κ1) is 18.0. The minimum atomic E-state index is -0.0647. The number of benzene rings is 2. The monoisotopic (exact) mass is 437 g/mol. The number of carbonyl (C=O) groups excluding carboxylic acids is 1. The van der Waals surface area contributed by atoms with E-state index in [0.29, 0.717) is 28.3 Å². The molecule has 1 saturated heterocycles. The topological polar surface area (TPSA) is 63.0 Å². The Morgan fingerprint density at radius 2 is 2.16 bits per heavy atom. The number of amidine groups is 1. The average molecular weight is 439 g/mol. The lowest BCUT2D eigenvalue weighted by Gasteiger charge is -2.10. The number of carbonyl (C=O) groups is 1. The van der Waals surface area contributed by atoms with Gasteiger partial charge in [0.25, 0.3) is 0 Å². The Balaban J connectivity index is 1.74. The fourth-order valence-corrected chi connectivity index (χ4v) is 3.25. The molecule has 25 heavy (non-hydrogen) atoms. The van der Waals surface area contributed by atoms with Crippen molar-refractivity contribution in [2.24, 2.45) is 10.2 Å². The van der Waals surface area contributed by atoms with Crippen LogP contribution in [-0.4, -0.2) is 23.0 Å². The molecule has 0 unspecified atom stereocenters. The van der Waals surface area contributed by atoms with Crippen molar-refractivity contribution in [3.63, 3.8) is 0 Å². The van der Waals surface area contributed by atoms with E-state index >= 15 is 0 Å². The summed E-state index contributed by atoms with van der Waals surface area (Å²) in [7, 11) is 0. The highest BCUT2D eigenvalue weighted by atomic mass is 79.9. The van der Waals surface area contributed by atoms with Gasteiger partial charge in [-0.2, -0.15) is 5.10 Å². The van der Waals surface area contributed by atoms with Crippen molar-refractivity contribution >= 4 is 56.6 Å². The predicted octanol–water partition coefficient (Wildman–Crippen LogP) is 4.23. The summed E-state index contributed by atoms with van der Waals surface area (Å²) in [5.41, 5.74) is 1.67. The highest BCUT2D eigenvalue weighted by molar-refractivity contribution is 9.10. The van der Waals surface area contributed by atoms with Crippen LogP contribution in [0.3, 0.4) is 0 Å². The van der Waals surface area contributed by atoms with Gasteiger partial charge in [-0.25, -0.2) is 0 Å². The van der Waals surface area contributed by atoms with Gasteiger partial charge >= 0.3 is 0 Å². The lowest BCUT2D eigenvalue weighted by molar-refractivity contribution is -0.116. The summed E-state index contributed by atoms with van der Waals surface area (Å²) in [6, 6.07) is 13.2. The maximum absolute atomic E-state index is 11.1. The van der Waals surface area contributed by atoms with E-state index in [1.807, 2.05) is 42.5 Å². The molecule has 0 saturated carbocycles. The van der Waals surface area contributed by atoms with Crippen LogP contribution in [0.15, 0.2) is 57.1 Å². The highest BCUT2D eigenvalue weighted by Crippen LogP contribution is 2.24. The third-order valence-electron chi connectivity index (χ3n) is 3.24. The summed E-state index contributed by atoms with van der Waals surface area (Å²) in [5.74, 6) is 0.970. The smallest absolute Gasteiger partial charge is 0.236 e. The van der Waals surface area contributed by atoms with Crippen LogP contribution in [0, 0.1) is 0 Å². The number of nitrogens with zero attached hydrogens (tertiary/aromatic N) is 2. The van der Waals surface area contributed by atoms with Gasteiger partial charge in [0.15, 0.2) is 5.17 Å². The molecule has 1 fully saturated rings. The number of halogens is 2. The van der Waals surface area contributed by atoms with Crippen LogP contribution in [-0.2, 0) is 11.4 Å². The van der Waals surface area contributed by atoms with E-state index in [4.69, 9.17) is 16.3 Å². The van der Waals surface area contributed by atoms with E-state index in [1.54, 1.807) is 6.21 Å². The van der Waals surface area contributed by atoms with E-state index < -0.39 is 0 Å². The van der Waals surface area contributed by atoms with Crippen molar-refractivity contribution in [2.75, 3.05) is 5.75 Å². The SMILES string of the molecule is O=C1CSC(=NN=Cc2cc(Br)ccc2OCc2ccccc2Cl)N1. The zero-order chi connectivity index (χ0) is 17.6. The van der Waals surface area contributed by atoms with E-state index in [-0.39, 0.29) is 5.91 Å². The van der Waals surface area contributed by atoms with E-state index in [2.05, 4.69) is 31.4 Å². The molecule has 0 radical (unpaired) electrons. The lowest BCUT2D eigenvalue weighted by atomic mass is 10.2. The van der Waals surface area contributed by atoms with Gasteiger partial charge in [0.1, 0.15) is 12.4 Å². The molecule has 5 nitrogen and oxygen atoms in total. The van der Waals surface area contributed by atoms with Crippen LogP contribution in [0.5, 0.6) is 5.75 Å². The number of thioether (sulfide) groups is 1. The van der Waals surface area contributed by atoms with Crippen LogP contribution in [0.1, 0.15) is 11.1 Å². The van der Waals surface area contributed by atoms with Gasteiger partial charge in [-0.05, 0) is 24.3 Å². The molecule has 1 N–H and O–H groups in total. The van der Waals surface area contributed by atoms with Crippen LogP contribution < -0.4 is 10.1 Å². The summed E-state index contributed by atoms with van der Waals surface area (Å²) in [5, 5.41) is 11.8. The summed E-state index contributed by atoms with van der Waals surface area (Å²) >= 11 is 10.9. The maximum atomic E-state index is 11.1. The number of hydrogen-bond donors (Lipinski definition) is 1. The molecule has 0 aromatic heterocycles. The second-order valence-electron chi connectivity index (χ2n) is 5.05. The first-order valence-electron chi connectivity index (χ1n) is 7.31. The van der Waals surface area contributed by atoms with Gasteiger partial charge in [0.2, 0.25) is 5.91 Å². The van der Waals surface area contributed by atoms with Crippen LogP contribution >= 0.6 is 39.3 Å². The molecule has 2 aromatic rings. The molecule has 8 heteroatoms. The van der Waals surface area contributed by atoms with Gasteiger partial charge < -0.3 is 10.1 Å². The molecule has 1 heterocycles. The Morgan fingerprint density at radius 1 is 1.32 bits per heavy atom. The predicted molar refractivity (Wildman–Crippen MR) is 106 cm³/mol. The van der Waals surface area contributed by atoms with Crippen molar-refractivity contribution in [3.8, 4) is 5.75 Å². The second-order valence-corrected chi connectivity index (χ2v) is 7.34. The zero-order valence-corrected chi connectivity index (χ0v) is 16.1. The van der Waals surface area contributed by atoms with Gasteiger partial charge in [-0.1, -0.05) is 57.5 Å². The summed E-state index contributed by atoms with van der Waals surface area (Å²) < 4.78 is 6.78. The minimum absolute atomic E-state index is 0.0647. The van der Waals surface area contributed by atoms with Crippen LogP contribution in [0.25, 0.3) is 0 Å². The lowest BCUT2D eigenvalue weighted by Crippen LogP contribution is -2.19. The molecule has 0 atom stereocenters. The van der Waals surface area contributed by atoms with Crippen molar-refractivity contribution in [2.45, 2.75) is 6.61 Å². The summed E-state index contributed by atoms with van der Waals surface area (Å²) in [4.78, 5) is 11.1. The molecular weight excluding hydrogens is 426 g/mol. The fraction of sp³-hybridized carbons (Fsp3) is 0.118. The van der Waals surface area contributed by atoms with E-state index in [0.717, 1.165) is 15.6 Å². The molecule has 1 aliphatic heterocycles. The molecule has 2 aromatic carbocycles. The Morgan fingerprint density at radius 3 is 2.92 bits per heavy atom. The second kappa shape index (κ2) is 8.51. The molecule has 3 rings (SSSR count). The van der Waals surface area contributed by atoms with E-state index in [9.17, 15) is 4.79 Å². The van der Waals surface area contributed by atoms with Gasteiger partial charge in [-0.3, -0.25) is 4.79 Å². The Hall–Kier alpha value is -1.83. The molecule has 1 aliphatic rings. The normalized spacial score (nSPS) is 15.8. The first-order chi connectivity index (χ1) is 12.1. The van der Waals surface area contributed by atoms with Crippen LogP contribution in [0.2, 0.25) is 5.02 Å². The zero-order valence-electron chi connectivity index (χ0n) is 12.9. The van der Waals surface area contributed by atoms with Gasteiger partial charge in [0, 0.05) is 20.6 Å². The number of ether oxygens (including phenoxy) is 1. The standard InChI is InChI=1S/C17H13BrClN3O2S/c18-13-5-6-15(24-9-11-3-1-2-4-14(11)19)12(7-13)8-20-22-17-21-16(23)10-25-17/h1-8H,9-10H2,(H,21,22,23). The van der Waals surface area contributed by atoms with Crippen molar-refractivity contribution in [1.29, 1.82) is 0 Å². The number of amides is 1. The summed E-state index contributed by atoms with van der Waals surface area (Å²) in [6.45, 7) is 0.350. The molecule has 0 aliphatic carbocycles. The molecule has 0 bridgehead atoms. The number of nitrogens with one attached hydrogen (secondary N) is 1. The highest BCUT2D eigenvalue weighted by Gasteiger charge is 2.16. The Labute approximate surface area is 162 Å². The van der Waals surface area contributed by atoms with Crippen molar-refractivity contribution in [1.82, 2.24) is 5.32 Å². The third kappa shape index (κ3) is 5.07. The Kier molecular flexibility index (Phi) is 6.12. The fourth-order valence-electron chi connectivity index (χ4n) is 2.05. The van der Waals surface area contributed by atoms with Crippen molar-refractivity contribution < 1.29 is 9.53 Å². The van der Waals surface area contributed by atoms with Gasteiger partial charge in [-0.15, -0.1) is 5.10 Å². The Bertz CT molecular complexity index is 858.